The number of rotatable bonds is 4. The van der Waals surface area contributed by atoms with Crippen LogP contribution in [-0.4, -0.2) is 55.5 Å². The van der Waals surface area contributed by atoms with Gasteiger partial charge in [-0.1, -0.05) is 12.2 Å². The van der Waals surface area contributed by atoms with Gasteiger partial charge in [0.2, 0.25) is 0 Å². The van der Waals surface area contributed by atoms with Crippen molar-refractivity contribution in [2.45, 2.75) is 12.8 Å². The molecule has 0 spiro atoms. The second kappa shape index (κ2) is 6.60. The summed E-state index contributed by atoms with van der Waals surface area (Å²) in [5.41, 5.74) is 0.752. The third-order valence-corrected chi connectivity index (χ3v) is 5.91. The molecule has 4 rings (SSSR count). The van der Waals surface area contributed by atoms with Crippen molar-refractivity contribution in [2.24, 2.45) is 17.8 Å². The summed E-state index contributed by atoms with van der Waals surface area (Å²) in [4.78, 5) is 17.1. The molecule has 1 aliphatic heterocycles. The molecule has 3 atom stereocenters. The average molecular weight is 326 g/mol. The lowest BCUT2D eigenvalue weighted by Crippen LogP contribution is -2.50. The third-order valence-electron chi connectivity index (χ3n) is 5.91. The van der Waals surface area contributed by atoms with E-state index in [2.05, 4.69) is 17.1 Å². The Kier molecular flexibility index (Phi) is 4.31. The van der Waals surface area contributed by atoms with Crippen LogP contribution in [-0.2, 0) is 0 Å². The number of hydrogen-bond acceptors (Lipinski definition) is 3. The summed E-state index contributed by atoms with van der Waals surface area (Å²) < 4.78 is 5.16. The maximum atomic E-state index is 12.6. The number of piperazine rings is 1. The molecule has 128 valence electrons. The van der Waals surface area contributed by atoms with Crippen LogP contribution < -0.4 is 4.74 Å². The van der Waals surface area contributed by atoms with Crippen molar-refractivity contribution in [2.75, 3.05) is 39.8 Å². The smallest absolute Gasteiger partial charge is 0.253 e. The molecule has 1 amide bonds. The SMILES string of the molecule is COc1ccc(C(=O)N2CCN(C[C@H]3C[C@H]4C=C[C@H]3C4)CC2)cc1. The van der Waals surface area contributed by atoms with Crippen LogP contribution in [0.2, 0.25) is 0 Å². The maximum Gasteiger partial charge on any atom is 0.253 e. The highest BCUT2D eigenvalue weighted by molar-refractivity contribution is 5.94. The second-order valence-corrected chi connectivity index (χ2v) is 7.36. The van der Waals surface area contributed by atoms with Gasteiger partial charge in [-0.2, -0.15) is 0 Å². The summed E-state index contributed by atoms with van der Waals surface area (Å²) in [6, 6.07) is 7.42. The number of carbonyl (C=O) groups excluding carboxylic acids is 1. The van der Waals surface area contributed by atoms with Gasteiger partial charge >= 0.3 is 0 Å². The van der Waals surface area contributed by atoms with E-state index in [4.69, 9.17) is 4.74 Å². The molecule has 1 saturated carbocycles. The van der Waals surface area contributed by atoms with Gasteiger partial charge in [0.1, 0.15) is 5.75 Å². The van der Waals surface area contributed by atoms with Crippen molar-refractivity contribution < 1.29 is 9.53 Å². The summed E-state index contributed by atoms with van der Waals surface area (Å²) in [5.74, 6) is 3.42. The van der Waals surface area contributed by atoms with Gasteiger partial charge in [-0.05, 0) is 54.9 Å². The van der Waals surface area contributed by atoms with Crippen LogP contribution in [0.3, 0.4) is 0 Å². The molecule has 1 saturated heterocycles. The number of methoxy groups -OCH3 is 1. The number of ether oxygens (including phenoxy) is 1. The van der Waals surface area contributed by atoms with E-state index in [1.165, 1.54) is 19.4 Å². The second-order valence-electron chi connectivity index (χ2n) is 7.36. The molecule has 4 heteroatoms. The topological polar surface area (TPSA) is 32.8 Å². The van der Waals surface area contributed by atoms with Gasteiger partial charge in [0.25, 0.3) is 5.91 Å². The van der Waals surface area contributed by atoms with Gasteiger partial charge in [-0.15, -0.1) is 0 Å². The normalized spacial score (nSPS) is 29.2. The van der Waals surface area contributed by atoms with Crippen LogP contribution in [0, 0.1) is 17.8 Å². The van der Waals surface area contributed by atoms with Crippen molar-refractivity contribution in [3.05, 3.63) is 42.0 Å². The predicted octanol–water partition coefficient (Wildman–Crippen LogP) is 2.67. The van der Waals surface area contributed by atoms with Crippen molar-refractivity contribution >= 4 is 5.91 Å². The Bertz CT molecular complexity index is 617. The molecule has 2 bridgehead atoms. The minimum absolute atomic E-state index is 0.139. The van der Waals surface area contributed by atoms with Gasteiger partial charge in [-0.3, -0.25) is 9.69 Å². The Morgan fingerprint density at radius 2 is 1.83 bits per heavy atom. The minimum atomic E-state index is 0.139. The molecule has 2 fully saturated rings. The lowest BCUT2D eigenvalue weighted by Gasteiger charge is -2.37. The molecular formula is C20H26N2O2. The number of allylic oxidation sites excluding steroid dienone is 2. The molecule has 1 heterocycles. The standard InChI is InChI=1S/C20H26N2O2/c1-24-19-6-4-16(5-7-19)20(23)22-10-8-21(9-11-22)14-18-13-15-2-3-17(18)12-15/h2-7,15,17-18H,8-14H2,1H3/t15-,17-,18+/m0/s1. The van der Waals surface area contributed by atoms with Gasteiger partial charge in [-0.25, -0.2) is 0 Å². The zero-order valence-electron chi connectivity index (χ0n) is 14.4. The van der Waals surface area contributed by atoms with E-state index in [9.17, 15) is 4.79 Å². The quantitative estimate of drug-likeness (QED) is 0.798. The molecular weight excluding hydrogens is 300 g/mol. The highest BCUT2D eigenvalue weighted by Gasteiger charge is 2.36. The fraction of sp³-hybridized carbons (Fsp3) is 0.550. The van der Waals surface area contributed by atoms with Gasteiger partial charge in [0, 0.05) is 38.3 Å². The first-order valence-corrected chi connectivity index (χ1v) is 9.07. The number of fused-ring (bicyclic) bond motifs is 2. The molecule has 1 aromatic carbocycles. The lowest BCUT2D eigenvalue weighted by molar-refractivity contribution is 0.0610. The monoisotopic (exact) mass is 326 g/mol. The Labute approximate surface area is 144 Å². The minimum Gasteiger partial charge on any atom is -0.497 e. The van der Waals surface area contributed by atoms with Crippen molar-refractivity contribution in [1.82, 2.24) is 9.80 Å². The van der Waals surface area contributed by atoms with E-state index in [1.54, 1.807) is 7.11 Å². The zero-order valence-corrected chi connectivity index (χ0v) is 14.4. The summed E-state index contributed by atoms with van der Waals surface area (Å²) in [6.45, 7) is 4.87. The Morgan fingerprint density at radius 1 is 1.08 bits per heavy atom. The van der Waals surface area contributed by atoms with Crippen LogP contribution in [0.15, 0.2) is 36.4 Å². The number of benzene rings is 1. The highest BCUT2D eigenvalue weighted by Crippen LogP contribution is 2.43. The number of amides is 1. The Hall–Kier alpha value is -1.81. The van der Waals surface area contributed by atoms with E-state index < -0.39 is 0 Å². The number of hydrogen-bond donors (Lipinski definition) is 0. The number of carbonyl (C=O) groups is 1. The molecule has 1 aromatic rings. The predicted molar refractivity (Wildman–Crippen MR) is 94.2 cm³/mol. The summed E-state index contributed by atoms with van der Waals surface area (Å²) >= 11 is 0. The zero-order chi connectivity index (χ0) is 16.5. The van der Waals surface area contributed by atoms with E-state index in [0.717, 1.165) is 55.2 Å². The van der Waals surface area contributed by atoms with Crippen LogP contribution >= 0.6 is 0 Å². The maximum absolute atomic E-state index is 12.6. The molecule has 3 aliphatic rings. The lowest BCUT2D eigenvalue weighted by atomic mass is 9.93. The van der Waals surface area contributed by atoms with E-state index >= 15 is 0 Å². The Morgan fingerprint density at radius 3 is 2.42 bits per heavy atom. The first kappa shape index (κ1) is 15.7. The summed E-state index contributed by atoms with van der Waals surface area (Å²) in [7, 11) is 1.64. The van der Waals surface area contributed by atoms with E-state index in [0.29, 0.717) is 0 Å². The van der Waals surface area contributed by atoms with Crippen molar-refractivity contribution in [3.8, 4) is 5.75 Å². The Balaban J connectivity index is 1.29. The molecule has 0 unspecified atom stereocenters. The van der Waals surface area contributed by atoms with E-state index in [1.807, 2.05) is 29.2 Å². The highest BCUT2D eigenvalue weighted by atomic mass is 16.5. The first-order valence-electron chi connectivity index (χ1n) is 9.07. The molecule has 0 N–H and O–H groups in total. The molecule has 24 heavy (non-hydrogen) atoms. The molecule has 2 aliphatic carbocycles. The third kappa shape index (κ3) is 3.07. The number of nitrogens with zero attached hydrogens (tertiary/aromatic N) is 2. The fourth-order valence-corrected chi connectivity index (χ4v) is 4.49. The molecule has 0 radical (unpaired) electrons. The fourth-order valence-electron chi connectivity index (χ4n) is 4.49. The molecule has 0 aromatic heterocycles. The van der Waals surface area contributed by atoms with Crippen LogP contribution in [0.5, 0.6) is 5.75 Å². The summed E-state index contributed by atoms with van der Waals surface area (Å²) in [6.07, 6.45) is 7.58. The van der Waals surface area contributed by atoms with Crippen LogP contribution in [0.25, 0.3) is 0 Å². The van der Waals surface area contributed by atoms with Gasteiger partial charge < -0.3 is 9.64 Å². The van der Waals surface area contributed by atoms with Crippen molar-refractivity contribution in [3.63, 3.8) is 0 Å². The van der Waals surface area contributed by atoms with Gasteiger partial charge in [0.15, 0.2) is 0 Å². The van der Waals surface area contributed by atoms with Crippen LogP contribution in [0.1, 0.15) is 23.2 Å². The van der Waals surface area contributed by atoms with Crippen LogP contribution in [0.4, 0.5) is 0 Å². The first-order chi connectivity index (χ1) is 11.7. The molecule has 4 nitrogen and oxygen atoms in total. The van der Waals surface area contributed by atoms with E-state index in [-0.39, 0.29) is 5.91 Å². The van der Waals surface area contributed by atoms with Crippen molar-refractivity contribution in [1.29, 1.82) is 0 Å². The van der Waals surface area contributed by atoms with Gasteiger partial charge in [0.05, 0.1) is 7.11 Å². The summed E-state index contributed by atoms with van der Waals surface area (Å²) in [5, 5.41) is 0. The largest absolute Gasteiger partial charge is 0.497 e. The average Bonchev–Trinajstić information content (AvgIpc) is 3.25.